The highest BCUT2D eigenvalue weighted by Crippen LogP contribution is 2.39. The van der Waals surface area contributed by atoms with Gasteiger partial charge in [-0.1, -0.05) is 6.07 Å². The summed E-state index contributed by atoms with van der Waals surface area (Å²) in [4.78, 5) is 23.2. The lowest BCUT2D eigenvalue weighted by Crippen LogP contribution is -2.50. The van der Waals surface area contributed by atoms with Gasteiger partial charge in [-0.3, -0.25) is 4.79 Å². The molecule has 0 unspecified atom stereocenters. The lowest BCUT2D eigenvalue weighted by molar-refractivity contribution is -0.0450. The second-order valence-corrected chi connectivity index (χ2v) is 6.86. The molecule has 0 radical (unpaired) electrons. The summed E-state index contributed by atoms with van der Waals surface area (Å²) in [5, 5.41) is 0. The molecule has 1 amide bonds. The number of aromatic nitrogens is 3. The van der Waals surface area contributed by atoms with Crippen molar-refractivity contribution in [3.8, 4) is 0 Å². The molecule has 0 saturated carbocycles. The first kappa shape index (κ1) is 15.3. The van der Waals surface area contributed by atoms with E-state index in [4.69, 9.17) is 4.74 Å². The van der Waals surface area contributed by atoms with Crippen molar-refractivity contribution in [1.29, 1.82) is 0 Å². The predicted octanol–water partition coefficient (Wildman–Crippen LogP) is 2.22. The number of carbonyl (C=O) groups is 1. The van der Waals surface area contributed by atoms with Crippen molar-refractivity contribution in [2.24, 2.45) is 0 Å². The van der Waals surface area contributed by atoms with Gasteiger partial charge in [-0.25, -0.2) is 9.97 Å². The fourth-order valence-corrected chi connectivity index (χ4v) is 3.88. The van der Waals surface area contributed by atoms with Crippen LogP contribution in [0.2, 0.25) is 0 Å². The number of piperidine rings is 1. The molecular weight excluding hydrogens is 304 g/mol. The Balaban J connectivity index is 1.49. The number of amides is 1. The predicted molar refractivity (Wildman–Crippen MR) is 88.7 cm³/mol. The normalized spacial score (nSPS) is 26.9. The van der Waals surface area contributed by atoms with Gasteiger partial charge in [-0.2, -0.15) is 0 Å². The van der Waals surface area contributed by atoms with Gasteiger partial charge in [0.1, 0.15) is 5.69 Å². The molecule has 4 heterocycles. The van der Waals surface area contributed by atoms with Gasteiger partial charge in [0.05, 0.1) is 31.1 Å². The molecular formula is C18H22N4O2. The highest BCUT2D eigenvalue weighted by atomic mass is 16.5. The van der Waals surface area contributed by atoms with Crippen molar-refractivity contribution in [3.63, 3.8) is 0 Å². The Morgan fingerprint density at radius 2 is 2.33 bits per heavy atom. The van der Waals surface area contributed by atoms with E-state index in [0.717, 1.165) is 31.5 Å². The van der Waals surface area contributed by atoms with Gasteiger partial charge < -0.3 is 14.2 Å². The standard InChI is InChI=1S/C18H22N4O2/c1-14-4-2-5-16(20-14)17(23)21-8-3-6-18(12-21)10-15(11-24-18)22-9-7-19-13-22/h2,4-5,7,9,13,15H,3,6,8,10-12H2,1H3/t15-,18+/m1/s1. The maximum absolute atomic E-state index is 12.8. The summed E-state index contributed by atoms with van der Waals surface area (Å²) in [6, 6.07) is 5.89. The van der Waals surface area contributed by atoms with E-state index in [1.54, 1.807) is 12.3 Å². The minimum Gasteiger partial charge on any atom is -0.371 e. The van der Waals surface area contributed by atoms with E-state index >= 15 is 0 Å². The van der Waals surface area contributed by atoms with Crippen molar-refractivity contribution in [1.82, 2.24) is 19.4 Å². The lowest BCUT2D eigenvalue weighted by Gasteiger charge is -2.39. The number of rotatable bonds is 2. The quantitative estimate of drug-likeness (QED) is 0.849. The van der Waals surface area contributed by atoms with Crippen LogP contribution in [-0.4, -0.2) is 50.6 Å². The van der Waals surface area contributed by atoms with E-state index < -0.39 is 0 Å². The van der Waals surface area contributed by atoms with Crippen molar-refractivity contribution in [2.75, 3.05) is 19.7 Å². The zero-order chi connectivity index (χ0) is 16.6. The van der Waals surface area contributed by atoms with E-state index in [-0.39, 0.29) is 11.5 Å². The molecule has 4 rings (SSSR count). The zero-order valence-corrected chi connectivity index (χ0v) is 13.9. The molecule has 2 fully saturated rings. The zero-order valence-electron chi connectivity index (χ0n) is 13.9. The summed E-state index contributed by atoms with van der Waals surface area (Å²) >= 11 is 0. The molecule has 2 aliphatic heterocycles. The van der Waals surface area contributed by atoms with Gasteiger partial charge in [0.15, 0.2) is 0 Å². The van der Waals surface area contributed by atoms with Crippen molar-refractivity contribution < 1.29 is 9.53 Å². The van der Waals surface area contributed by atoms with Gasteiger partial charge in [0, 0.05) is 31.1 Å². The minimum atomic E-state index is -0.229. The molecule has 1 spiro atoms. The molecule has 0 aliphatic carbocycles. The Hall–Kier alpha value is -2.21. The van der Waals surface area contributed by atoms with E-state index in [9.17, 15) is 4.79 Å². The molecule has 0 aromatic carbocycles. The van der Waals surface area contributed by atoms with Crippen LogP contribution in [0.5, 0.6) is 0 Å². The molecule has 6 heteroatoms. The topological polar surface area (TPSA) is 60.2 Å². The SMILES string of the molecule is Cc1cccc(C(=O)N2CCC[C@]3(C[C@@H](n4ccnc4)CO3)C2)n1. The number of nitrogens with zero attached hydrogens (tertiary/aromatic N) is 4. The van der Waals surface area contributed by atoms with Gasteiger partial charge in [-0.15, -0.1) is 0 Å². The van der Waals surface area contributed by atoms with Crippen LogP contribution >= 0.6 is 0 Å². The van der Waals surface area contributed by atoms with E-state index in [0.29, 0.717) is 24.9 Å². The largest absolute Gasteiger partial charge is 0.371 e. The summed E-state index contributed by atoms with van der Waals surface area (Å²) in [5.41, 5.74) is 1.16. The fourth-order valence-electron chi connectivity index (χ4n) is 3.88. The second-order valence-electron chi connectivity index (χ2n) is 6.86. The minimum absolute atomic E-state index is 0.00690. The van der Waals surface area contributed by atoms with Crippen LogP contribution in [0.1, 0.15) is 41.5 Å². The van der Waals surface area contributed by atoms with Crippen LogP contribution in [-0.2, 0) is 4.74 Å². The van der Waals surface area contributed by atoms with E-state index in [1.807, 2.05) is 36.5 Å². The van der Waals surface area contributed by atoms with Gasteiger partial charge in [-0.05, 0) is 31.9 Å². The maximum atomic E-state index is 12.8. The lowest BCUT2D eigenvalue weighted by atomic mass is 9.88. The number of ether oxygens (including phenoxy) is 1. The summed E-state index contributed by atoms with van der Waals surface area (Å²) in [6.45, 7) is 4.01. The van der Waals surface area contributed by atoms with Crippen LogP contribution in [0.25, 0.3) is 0 Å². The number of aryl methyl sites for hydroxylation is 1. The first-order chi connectivity index (χ1) is 11.7. The maximum Gasteiger partial charge on any atom is 0.272 e. The summed E-state index contributed by atoms with van der Waals surface area (Å²) in [6.07, 6.45) is 8.52. The highest BCUT2D eigenvalue weighted by molar-refractivity contribution is 5.92. The second kappa shape index (κ2) is 6.02. The molecule has 2 aromatic rings. The number of imidazole rings is 1. The average Bonchev–Trinajstić information content (AvgIpc) is 3.24. The van der Waals surface area contributed by atoms with Crippen LogP contribution in [0.4, 0.5) is 0 Å². The first-order valence-electron chi connectivity index (χ1n) is 8.50. The molecule has 2 aromatic heterocycles. The summed E-state index contributed by atoms with van der Waals surface area (Å²) < 4.78 is 8.30. The van der Waals surface area contributed by atoms with Crippen LogP contribution in [0.3, 0.4) is 0 Å². The Morgan fingerprint density at radius 1 is 1.42 bits per heavy atom. The molecule has 2 saturated heterocycles. The molecule has 24 heavy (non-hydrogen) atoms. The fraction of sp³-hybridized carbons (Fsp3) is 0.500. The molecule has 0 bridgehead atoms. The Labute approximate surface area is 141 Å². The van der Waals surface area contributed by atoms with Crippen molar-refractivity contribution in [3.05, 3.63) is 48.3 Å². The van der Waals surface area contributed by atoms with Gasteiger partial charge in [0.25, 0.3) is 5.91 Å². The average molecular weight is 326 g/mol. The van der Waals surface area contributed by atoms with Crippen molar-refractivity contribution >= 4 is 5.91 Å². The van der Waals surface area contributed by atoms with Gasteiger partial charge >= 0.3 is 0 Å². The molecule has 0 N–H and O–H groups in total. The third kappa shape index (κ3) is 2.82. The van der Waals surface area contributed by atoms with Crippen molar-refractivity contribution in [2.45, 2.75) is 37.8 Å². The Morgan fingerprint density at radius 3 is 3.12 bits per heavy atom. The number of carbonyl (C=O) groups excluding carboxylic acids is 1. The van der Waals surface area contributed by atoms with Crippen LogP contribution < -0.4 is 0 Å². The van der Waals surface area contributed by atoms with E-state index in [2.05, 4.69) is 14.5 Å². The number of hydrogen-bond acceptors (Lipinski definition) is 4. The van der Waals surface area contributed by atoms with E-state index in [1.165, 1.54) is 0 Å². The molecule has 2 aliphatic rings. The molecule has 2 atom stereocenters. The molecule has 6 nitrogen and oxygen atoms in total. The molecule has 126 valence electrons. The number of likely N-dealkylation sites (tertiary alicyclic amines) is 1. The first-order valence-corrected chi connectivity index (χ1v) is 8.50. The van der Waals surface area contributed by atoms with Crippen LogP contribution in [0.15, 0.2) is 36.9 Å². The van der Waals surface area contributed by atoms with Crippen LogP contribution in [0, 0.1) is 6.92 Å². The van der Waals surface area contributed by atoms with Gasteiger partial charge in [0.2, 0.25) is 0 Å². The Kier molecular flexibility index (Phi) is 3.84. The monoisotopic (exact) mass is 326 g/mol. The smallest absolute Gasteiger partial charge is 0.272 e. The number of pyridine rings is 1. The Bertz CT molecular complexity index is 730. The third-order valence-electron chi connectivity index (χ3n) is 5.07. The third-order valence-corrected chi connectivity index (χ3v) is 5.07. The summed E-state index contributed by atoms with van der Waals surface area (Å²) in [7, 11) is 0. The number of hydrogen-bond donors (Lipinski definition) is 0. The highest BCUT2D eigenvalue weighted by Gasteiger charge is 2.45. The summed E-state index contributed by atoms with van der Waals surface area (Å²) in [5.74, 6) is 0.00690.